The van der Waals surface area contributed by atoms with Gasteiger partial charge in [0.15, 0.2) is 0 Å². The van der Waals surface area contributed by atoms with E-state index in [0.29, 0.717) is 10.6 Å². The molecular weight excluding hydrogens is 514 g/mol. The summed E-state index contributed by atoms with van der Waals surface area (Å²) in [7, 11) is 0. The minimum atomic E-state index is -1.18. The zero-order chi connectivity index (χ0) is 27.4. The number of anilines is 1. The van der Waals surface area contributed by atoms with Gasteiger partial charge in [-0.25, -0.2) is 9.69 Å². The number of carbonyl (C=O) groups is 4. The molecule has 194 valence electrons. The highest BCUT2D eigenvalue weighted by molar-refractivity contribution is 6.31. The minimum absolute atomic E-state index is 0.0104. The van der Waals surface area contributed by atoms with Crippen molar-refractivity contribution in [3.05, 3.63) is 105 Å². The predicted octanol–water partition coefficient (Wildman–Crippen LogP) is 4.40. The van der Waals surface area contributed by atoms with Crippen molar-refractivity contribution in [3.63, 3.8) is 0 Å². The number of hydrogen-bond acceptors (Lipinski definition) is 7. The van der Waals surface area contributed by atoms with E-state index in [-0.39, 0.29) is 42.1 Å². The SMILES string of the molecule is CCOC(=O)c1ccc(N2C(=O)CC(N(Cc3ccccc3Cl)C(=O)c3cccc([N+](=O)[O-])c3)C2=O)cc1. The second-order valence-corrected chi connectivity index (χ2v) is 8.79. The average molecular weight is 536 g/mol. The molecule has 0 radical (unpaired) electrons. The van der Waals surface area contributed by atoms with Crippen LogP contribution < -0.4 is 4.90 Å². The molecule has 38 heavy (non-hydrogen) atoms. The summed E-state index contributed by atoms with van der Waals surface area (Å²) >= 11 is 6.32. The second-order valence-electron chi connectivity index (χ2n) is 8.39. The molecule has 0 aromatic heterocycles. The highest BCUT2D eigenvalue weighted by atomic mass is 35.5. The molecule has 3 amide bonds. The Kier molecular flexibility index (Phi) is 7.82. The molecule has 4 rings (SSSR count). The van der Waals surface area contributed by atoms with Crippen LogP contribution in [0.25, 0.3) is 0 Å². The van der Waals surface area contributed by atoms with Gasteiger partial charge in [-0.15, -0.1) is 0 Å². The van der Waals surface area contributed by atoms with Crippen LogP contribution in [0.5, 0.6) is 0 Å². The highest BCUT2D eigenvalue weighted by Gasteiger charge is 2.44. The highest BCUT2D eigenvalue weighted by Crippen LogP contribution is 2.30. The molecule has 0 bridgehead atoms. The summed E-state index contributed by atoms with van der Waals surface area (Å²) in [6, 6.07) is 16.5. The Morgan fingerprint density at radius 3 is 2.42 bits per heavy atom. The monoisotopic (exact) mass is 535 g/mol. The van der Waals surface area contributed by atoms with E-state index in [1.54, 1.807) is 31.2 Å². The zero-order valence-corrected chi connectivity index (χ0v) is 21.0. The average Bonchev–Trinajstić information content (AvgIpc) is 3.21. The summed E-state index contributed by atoms with van der Waals surface area (Å²) in [5.74, 6) is -2.40. The molecule has 1 aliphatic heterocycles. The Morgan fingerprint density at radius 2 is 1.76 bits per heavy atom. The first-order valence-corrected chi connectivity index (χ1v) is 12.0. The van der Waals surface area contributed by atoms with Crippen LogP contribution in [-0.4, -0.2) is 46.2 Å². The Balaban J connectivity index is 1.68. The van der Waals surface area contributed by atoms with Gasteiger partial charge in [0.1, 0.15) is 6.04 Å². The van der Waals surface area contributed by atoms with Crippen LogP contribution in [0.3, 0.4) is 0 Å². The molecule has 1 atom stereocenters. The number of hydrogen-bond donors (Lipinski definition) is 0. The fourth-order valence-corrected chi connectivity index (χ4v) is 4.34. The third-order valence-electron chi connectivity index (χ3n) is 6.00. The van der Waals surface area contributed by atoms with Crippen LogP contribution >= 0.6 is 11.6 Å². The summed E-state index contributed by atoms with van der Waals surface area (Å²) in [4.78, 5) is 64.9. The molecule has 1 saturated heterocycles. The van der Waals surface area contributed by atoms with Crippen molar-refractivity contribution in [2.45, 2.75) is 25.9 Å². The van der Waals surface area contributed by atoms with Crippen molar-refractivity contribution in [2.24, 2.45) is 0 Å². The molecule has 1 fully saturated rings. The Hall–Kier alpha value is -4.57. The maximum Gasteiger partial charge on any atom is 0.338 e. The number of halogens is 1. The van der Waals surface area contributed by atoms with E-state index in [0.717, 1.165) is 11.0 Å². The standard InChI is InChI=1S/C27H22ClN3O7/c1-2-38-27(35)17-10-12-20(13-11-17)30-24(32)15-23(26(30)34)29(16-19-6-3-4-9-22(19)28)25(33)18-7-5-8-21(14-18)31(36)37/h3-14,23H,2,15-16H2,1H3. The summed E-state index contributed by atoms with van der Waals surface area (Å²) < 4.78 is 4.96. The maximum absolute atomic E-state index is 13.6. The quantitative estimate of drug-likeness (QED) is 0.181. The molecule has 10 nitrogen and oxygen atoms in total. The molecule has 1 heterocycles. The van der Waals surface area contributed by atoms with Crippen molar-refractivity contribution in [2.75, 3.05) is 11.5 Å². The van der Waals surface area contributed by atoms with Gasteiger partial charge >= 0.3 is 5.97 Å². The van der Waals surface area contributed by atoms with E-state index in [1.807, 2.05) is 0 Å². The lowest BCUT2D eigenvalue weighted by Crippen LogP contribution is -2.45. The van der Waals surface area contributed by atoms with Crippen LogP contribution in [0, 0.1) is 10.1 Å². The maximum atomic E-state index is 13.6. The number of benzene rings is 3. The molecule has 0 aliphatic carbocycles. The van der Waals surface area contributed by atoms with E-state index >= 15 is 0 Å². The lowest BCUT2D eigenvalue weighted by molar-refractivity contribution is -0.384. The molecular formula is C27H22ClN3O7. The molecule has 11 heteroatoms. The Morgan fingerprint density at radius 1 is 1.05 bits per heavy atom. The number of nitro groups is 1. The van der Waals surface area contributed by atoms with Gasteiger partial charge in [-0.2, -0.15) is 0 Å². The summed E-state index contributed by atoms with van der Waals surface area (Å²) in [5, 5.41) is 11.6. The first-order chi connectivity index (χ1) is 18.2. The molecule has 0 N–H and O–H groups in total. The van der Waals surface area contributed by atoms with Crippen molar-refractivity contribution in [1.29, 1.82) is 0 Å². The third kappa shape index (κ3) is 5.40. The van der Waals surface area contributed by atoms with Gasteiger partial charge in [-0.1, -0.05) is 35.9 Å². The lowest BCUT2D eigenvalue weighted by Gasteiger charge is -2.28. The van der Waals surface area contributed by atoms with E-state index in [1.165, 1.54) is 47.4 Å². The Bertz CT molecular complexity index is 1420. The fraction of sp³-hybridized carbons (Fsp3) is 0.185. The summed E-state index contributed by atoms with van der Waals surface area (Å²) in [5.41, 5.74) is 0.725. The number of ether oxygens (including phenoxy) is 1. The number of nitro benzene ring substituents is 1. The predicted molar refractivity (Wildman–Crippen MR) is 138 cm³/mol. The first kappa shape index (κ1) is 26.5. The normalized spacial score (nSPS) is 14.9. The van der Waals surface area contributed by atoms with Gasteiger partial charge in [-0.05, 0) is 48.9 Å². The van der Waals surface area contributed by atoms with Crippen LogP contribution in [0.2, 0.25) is 5.02 Å². The summed E-state index contributed by atoms with van der Waals surface area (Å²) in [6.07, 6.45) is -0.302. The number of imide groups is 1. The fourth-order valence-electron chi connectivity index (χ4n) is 4.14. The molecule has 1 aliphatic rings. The third-order valence-corrected chi connectivity index (χ3v) is 6.37. The number of nitrogens with zero attached hydrogens (tertiary/aromatic N) is 3. The van der Waals surface area contributed by atoms with Crippen LogP contribution in [0.1, 0.15) is 39.6 Å². The largest absolute Gasteiger partial charge is 0.462 e. The summed E-state index contributed by atoms with van der Waals surface area (Å²) in [6.45, 7) is 1.77. The number of esters is 1. The second kappa shape index (κ2) is 11.2. The van der Waals surface area contributed by atoms with E-state index in [2.05, 4.69) is 0 Å². The van der Waals surface area contributed by atoms with Crippen LogP contribution in [0.15, 0.2) is 72.8 Å². The zero-order valence-electron chi connectivity index (χ0n) is 20.2. The van der Waals surface area contributed by atoms with Gasteiger partial charge in [-0.3, -0.25) is 24.5 Å². The van der Waals surface area contributed by atoms with Gasteiger partial charge in [0.05, 0.1) is 29.2 Å². The van der Waals surface area contributed by atoms with Crippen molar-refractivity contribution in [3.8, 4) is 0 Å². The molecule has 0 saturated carbocycles. The molecule has 3 aromatic carbocycles. The minimum Gasteiger partial charge on any atom is -0.462 e. The molecule has 1 unspecified atom stereocenters. The van der Waals surface area contributed by atoms with Gasteiger partial charge in [0.25, 0.3) is 17.5 Å². The van der Waals surface area contributed by atoms with Gasteiger partial charge in [0, 0.05) is 29.3 Å². The Labute approximate surface area is 222 Å². The van der Waals surface area contributed by atoms with Crippen molar-refractivity contribution >= 4 is 46.7 Å². The number of amides is 3. The van der Waals surface area contributed by atoms with Crippen molar-refractivity contribution < 1.29 is 28.8 Å². The molecule has 3 aromatic rings. The van der Waals surface area contributed by atoms with Crippen LogP contribution in [0.4, 0.5) is 11.4 Å². The number of non-ortho nitro benzene ring substituents is 1. The smallest absolute Gasteiger partial charge is 0.338 e. The van der Waals surface area contributed by atoms with Crippen molar-refractivity contribution in [1.82, 2.24) is 4.90 Å². The van der Waals surface area contributed by atoms with Gasteiger partial charge < -0.3 is 9.64 Å². The van der Waals surface area contributed by atoms with E-state index < -0.39 is 34.7 Å². The number of carbonyl (C=O) groups excluding carboxylic acids is 4. The van der Waals surface area contributed by atoms with Gasteiger partial charge in [0.2, 0.25) is 5.91 Å². The number of rotatable bonds is 8. The van der Waals surface area contributed by atoms with E-state index in [9.17, 15) is 29.3 Å². The molecule has 0 spiro atoms. The topological polar surface area (TPSA) is 127 Å². The van der Waals surface area contributed by atoms with Crippen LogP contribution in [-0.2, 0) is 20.9 Å². The first-order valence-electron chi connectivity index (χ1n) is 11.6. The lowest BCUT2D eigenvalue weighted by atomic mass is 10.1. The van der Waals surface area contributed by atoms with E-state index in [4.69, 9.17) is 16.3 Å².